The van der Waals surface area contributed by atoms with Crippen molar-refractivity contribution in [2.45, 2.75) is 0 Å². The Kier molecular flexibility index (Phi) is 6.44. The largest absolute Gasteiger partial charge is 0.455 e. The minimum Gasteiger partial charge on any atom is -0.455 e. The number of hydrogen-bond acceptors (Lipinski definition) is 1. The molecule has 0 amide bonds. The Morgan fingerprint density at radius 2 is 0.716 bits per heavy atom. The lowest BCUT2D eigenvalue weighted by atomic mass is 9.84. The SMILES string of the molecule is [2H]c1c([2H])c(-c2c([2H])c([2H])c3c([2H])c([2H])c([2H])c([2H])c3c2[2H])c([2H])c(-c2c3c([2H])c([2H])c([2H])c([2H])c3c(-c3c([2H])c([2H])c([2H])c4c([2H])c([2H])c([2H])c([2H])c34)c3c([2H])c([2H])c([2H])c([2H])c23)c1[2H].c1ccc2c(-c3c4ccccc4c(-c4cccc5oc6c7ccccc7ccc6c45)c4ccccc34)cccc2c1. The molecule has 1 heterocycles. The molecule has 376 valence electrons. The molecule has 0 atom stereocenters. The summed E-state index contributed by atoms with van der Waals surface area (Å²) in [4.78, 5) is 0. The van der Waals surface area contributed by atoms with Gasteiger partial charge in [-0.25, -0.2) is 0 Å². The van der Waals surface area contributed by atoms with Crippen molar-refractivity contribution in [1.29, 1.82) is 0 Å². The molecular weight excluding hydrogens is 977 g/mol. The van der Waals surface area contributed by atoms with Crippen molar-refractivity contribution in [3.8, 4) is 55.6 Å². The van der Waals surface area contributed by atoms with Gasteiger partial charge < -0.3 is 4.42 Å². The van der Waals surface area contributed by atoms with E-state index in [0.717, 1.165) is 21.9 Å². The van der Waals surface area contributed by atoms with E-state index in [2.05, 4.69) is 146 Å². The van der Waals surface area contributed by atoms with Gasteiger partial charge in [-0.2, -0.15) is 0 Å². The smallest absolute Gasteiger partial charge is 0.143 e. The number of rotatable bonds is 5. The second-order valence-corrected chi connectivity index (χ2v) is 19.3. The Bertz CT molecular complexity index is 6810. The average Bonchev–Trinajstić information content (AvgIpc) is 1.31. The van der Waals surface area contributed by atoms with Crippen molar-refractivity contribution in [3.63, 3.8) is 0 Å². The average molecular weight is 1050 g/mol. The molecule has 0 aliphatic rings. The third kappa shape index (κ3) is 7.62. The van der Waals surface area contributed by atoms with Crippen LogP contribution < -0.4 is 0 Å². The topological polar surface area (TPSA) is 13.1 Å². The lowest BCUT2D eigenvalue weighted by Crippen LogP contribution is -1.92. The predicted octanol–water partition coefficient (Wildman–Crippen LogP) is 22.8. The molecule has 1 nitrogen and oxygen atoms in total. The molecule has 81 heavy (non-hydrogen) atoms. The van der Waals surface area contributed by atoms with Gasteiger partial charge in [0.1, 0.15) is 11.2 Å². The van der Waals surface area contributed by atoms with Crippen LogP contribution in [0.5, 0.6) is 0 Å². The fourth-order valence-corrected chi connectivity index (χ4v) is 11.5. The van der Waals surface area contributed by atoms with E-state index >= 15 is 0 Å². The second kappa shape index (κ2) is 19.1. The molecule has 0 saturated carbocycles. The van der Waals surface area contributed by atoms with Crippen molar-refractivity contribution >= 4 is 108 Å². The summed E-state index contributed by atoms with van der Waals surface area (Å²) < 4.78 is 238. The van der Waals surface area contributed by atoms with E-state index in [9.17, 15) is 11.0 Å². The highest BCUT2D eigenvalue weighted by atomic mass is 16.3. The van der Waals surface area contributed by atoms with Crippen LogP contribution in [-0.4, -0.2) is 0 Å². The Hall–Kier alpha value is -10.6. The van der Waals surface area contributed by atoms with Crippen molar-refractivity contribution in [2.24, 2.45) is 0 Å². The molecule has 1 aromatic heterocycles. The first-order valence-corrected chi connectivity index (χ1v) is 25.9. The molecule has 0 N–H and O–H groups in total. The number of hydrogen-bond donors (Lipinski definition) is 0. The highest BCUT2D eigenvalue weighted by Crippen LogP contribution is 2.50. The fraction of sp³-hybridized carbons (Fsp3) is 0. The summed E-state index contributed by atoms with van der Waals surface area (Å²) in [6.07, 6.45) is 0. The normalized spacial score (nSPS) is 16.2. The first-order valence-electron chi connectivity index (χ1n) is 38.9. The molecule has 0 radical (unpaired) electrons. The molecule has 0 spiro atoms. The molecule has 0 fully saturated rings. The third-order valence-electron chi connectivity index (χ3n) is 15.0. The first-order chi connectivity index (χ1) is 51.0. The monoisotopic (exact) mass is 1050 g/mol. The van der Waals surface area contributed by atoms with Gasteiger partial charge in [0, 0.05) is 16.2 Å². The molecular formula is C80H50O. The summed E-state index contributed by atoms with van der Waals surface area (Å²) in [5.41, 5.74) is 2.18. The van der Waals surface area contributed by atoms with Gasteiger partial charge in [0.15, 0.2) is 0 Å². The van der Waals surface area contributed by atoms with Gasteiger partial charge in [-0.05, 0) is 161 Å². The van der Waals surface area contributed by atoms with Crippen molar-refractivity contribution in [3.05, 3.63) is 303 Å². The Balaban J connectivity index is 0.000000181. The molecule has 17 aromatic rings. The highest BCUT2D eigenvalue weighted by Gasteiger charge is 2.23. The summed E-state index contributed by atoms with van der Waals surface area (Å²) in [5, 5.41) is 6.82. The third-order valence-corrected chi connectivity index (χ3v) is 15.0. The van der Waals surface area contributed by atoms with Crippen LogP contribution in [0.25, 0.3) is 164 Å². The quantitative estimate of drug-likeness (QED) is 0.157. The Labute approximate surface area is 505 Å². The standard InChI is InChI=1S/C40H24O.C40H26/c1-3-14-27-25(11-1)13-9-20-29(27)37-30-16-5-7-18-32(30)38(33-19-8-6-17-31(33)37)34-21-10-22-36-39(34)35-24-23-26-12-2-4-15-28(26)40(35)41-36;1-2-13-29-25-31(24-23-27(29)11-1)30-15-9-16-32(26-30)39-35-18-5-7-20-37(35)40(38-21-8-6-19-36(38)39)34-22-10-14-28-12-3-4-17-33(28)34/h1-24H;1-26H/i;1D,2D,3D,4D,5D,6D,7D,8D,9D,10D,11D,12D,13D,14D,15D,16D,17D,18D,19D,20D,21D,22D,23D,24D,25D,26D. The minimum atomic E-state index is -1.07. The molecule has 1 heteroatoms. The molecule has 0 saturated heterocycles. The maximum Gasteiger partial charge on any atom is 0.143 e. The maximum atomic E-state index is 9.70. The maximum absolute atomic E-state index is 9.70. The number of furan rings is 1. The van der Waals surface area contributed by atoms with Gasteiger partial charge in [0.05, 0.1) is 35.6 Å². The molecule has 17 rings (SSSR count). The van der Waals surface area contributed by atoms with Crippen LogP contribution in [0.15, 0.2) is 307 Å². The van der Waals surface area contributed by atoms with E-state index in [-0.39, 0.29) is 0 Å². The fourth-order valence-electron chi connectivity index (χ4n) is 11.5. The minimum absolute atomic E-state index is 0.554. The summed E-state index contributed by atoms with van der Waals surface area (Å²) in [7, 11) is 0. The van der Waals surface area contributed by atoms with E-state index in [1.165, 1.54) is 65.3 Å². The zero-order valence-corrected chi connectivity index (χ0v) is 42.3. The molecule has 0 aliphatic carbocycles. The Morgan fingerprint density at radius 1 is 0.235 bits per heavy atom. The van der Waals surface area contributed by atoms with Crippen molar-refractivity contribution < 1.29 is 40.1 Å². The van der Waals surface area contributed by atoms with Gasteiger partial charge >= 0.3 is 0 Å². The van der Waals surface area contributed by atoms with Crippen LogP contribution in [-0.2, 0) is 0 Å². The summed E-state index contributed by atoms with van der Waals surface area (Å²) in [6.45, 7) is 0. The first kappa shape index (κ1) is 27.3. The number of fused-ring (bicyclic) bond motifs is 12. The zero-order chi connectivity index (χ0) is 76.0. The van der Waals surface area contributed by atoms with Crippen LogP contribution in [0.1, 0.15) is 35.6 Å². The van der Waals surface area contributed by atoms with Crippen LogP contribution in [0.2, 0.25) is 0 Å². The molecule has 0 unspecified atom stereocenters. The molecule has 0 aliphatic heterocycles. The van der Waals surface area contributed by atoms with Gasteiger partial charge in [0.2, 0.25) is 0 Å². The predicted molar refractivity (Wildman–Crippen MR) is 347 cm³/mol. The van der Waals surface area contributed by atoms with E-state index < -0.39 is 234 Å². The molecule has 0 bridgehead atoms. The van der Waals surface area contributed by atoms with Crippen LogP contribution in [0.3, 0.4) is 0 Å². The van der Waals surface area contributed by atoms with Crippen LogP contribution in [0, 0.1) is 0 Å². The van der Waals surface area contributed by atoms with Gasteiger partial charge in [-0.1, -0.05) is 278 Å². The van der Waals surface area contributed by atoms with Gasteiger partial charge in [-0.3, -0.25) is 0 Å². The summed E-state index contributed by atoms with van der Waals surface area (Å²) in [5.74, 6) is 0. The summed E-state index contributed by atoms with van der Waals surface area (Å²) in [6, 6.07) is 28.2. The highest BCUT2D eigenvalue weighted by molar-refractivity contribution is 6.28. The van der Waals surface area contributed by atoms with Crippen molar-refractivity contribution in [1.82, 2.24) is 0 Å². The lowest BCUT2D eigenvalue weighted by Gasteiger charge is -2.19. The summed E-state index contributed by atoms with van der Waals surface area (Å²) >= 11 is 0. The van der Waals surface area contributed by atoms with E-state index in [1.807, 2.05) is 0 Å². The molecule has 16 aromatic carbocycles. The lowest BCUT2D eigenvalue weighted by molar-refractivity contribution is 0.673. The van der Waals surface area contributed by atoms with Crippen LogP contribution in [0.4, 0.5) is 0 Å². The van der Waals surface area contributed by atoms with E-state index in [4.69, 9.17) is 29.1 Å². The van der Waals surface area contributed by atoms with Crippen molar-refractivity contribution in [2.75, 3.05) is 0 Å². The number of benzene rings is 16. The van der Waals surface area contributed by atoms with Gasteiger partial charge in [-0.15, -0.1) is 0 Å². The Morgan fingerprint density at radius 3 is 1.42 bits per heavy atom. The second-order valence-electron chi connectivity index (χ2n) is 19.3. The van der Waals surface area contributed by atoms with Crippen LogP contribution >= 0.6 is 0 Å². The van der Waals surface area contributed by atoms with E-state index in [0.29, 0.717) is 0 Å². The van der Waals surface area contributed by atoms with Gasteiger partial charge in [0.25, 0.3) is 0 Å². The zero-order valence-electron chi connectivity index (χ0n) is 68.3. The van der Waals surface area contributed by atoms with E-state index in [1.54, 1.807) is 0 Å².